The Hall–Kier alpha value is -1.82. The van der Waals surface area contributed by atoms with Gasteiger partial charge < -0.3 is 19.5 Å². The van der Waals surface area contributed by atoms with Crippen LogP contribution >= 0.6 is 0 Å². The molecular formula is C16H23N3O3. The summed E-state index contributed by atoms with van der Waals surface area (Å²) in [5.74, 6) is -0.0531. The highest BCUT2D eigenvalue weighted by Gasteiger charge is 2.28. The average molecular weight is 305 g/mol. The van der Waals surface area contributed by atoms with Crippen LogP contribution in [-0.4, -0.2) is 47.6 Å². The maximum absolute atomic E-state index is 12.4. The number of carbonyl (C=O) groups is 2. The van der Waals surface area contributed by atoms with E-state index in [9.17, 15) is 9.59 Å². The third-order valence-corrected chi connectivity index (χ3v) is 4.67. The second-order valence-electron chi connectivity index (χ2n) is 5.99. The Kier molecular flexibility index (Phi) is 4.47. The monoisotopic (exact) mass is 305 g/mol. The molecule has 1 saturated heterocycles. The van der Waals surface area contributed by atoms with Gasteiger partial charge in [0.15, 0.2) is 0 Å². The van der Waals surface area contributed by atoms with Crippen molar-refractivity contribution in [3.63, 3.8) is 0 Å². The minimum atomic E-state index is -0.0234. The van der Waals surface area contributed by atoms with Gasteiger partial charge in [0, 0.05) is 44.1 Å². The van der Waals surface area contributed by atoms with Crippen molar-refractivity contribution in [1.29, 1.82) is 0 Å². The van der Waals surface area contributed by atoms with Gasteiger partial charge in [-0.3, -0.25) is 9.59 Å². The van der Waals surface area contributed by atoms with Gasteiger partial charge >= 0.3 is 0 Å². The van der Waals surface area contributed by atoms with Gasteiger partial charge in [-0.05, 0) is 31.9 Å². The lowest BCUT2D eigenvalue weighted by molar-refractivity contribution is -0.137. The van der Waals surface area contributed by atoms with Crippen LogP contribution in [0.2, 0.25) is 0 Å². The van der Waals surface area contributed by atoms with Crippen molar-refractivity contribution < 1.29 is 14.3 Å². The van der Waals surface area contributed by atoms with E-state index in [0.29, 0.717) is 19.8 Å². The Morgan fingerprint density at radius 2 is 2.09 bits per heavy atom. The van der Waals surface area contributed by atoms with Crippen molar-refractivity contribution in [2.75, 3.05) is 26.3 Å². The number of fused-ring (bicyclic) bond motifs is 1. The van der Waals surface area contributed by atoms with E-state index in [-0.39, 0.29) is 30.3 Å². The number of aromatic nitrogens is 1. The number of amides is 2. The number of nitrogens with one attached hydrogen (secondary N) is 1. The second kappa shape index (κ2) is 6.52. The minimum Gasteiger partial charge on any atom is -0.381 e. The highest BCUT2D eigenvalue weighted by molar-refractivity contribution is 5.86. The van der Waals surface area contributed by atoms with Crippen LogP contribution in [0.15, 0.2) is 18.3 Å². The molecule has 1 fully saturated rings. The first-order valence-electron chi connectivity index (χ1n) is 7.97. The first-order valence-corrected chi connectivity index (χ1v) is 7.97. The minimum absolute atomic E-state index is 0.0136. The smallest absolute Gasteiger partial charge is 0.242 e. The number of ether oxygens (including phenoxy) is 1. The molecule has 0 saturated carbocycles. The predicted molar refractivity (Wildman–Crippen MR) is 81.1 cm³/mol. The van der Waals surface area contributed by atoms with Crippen LogP contribution in [0.1, 0.15) is 31.5 Å². The predicted octanol–water partition coefficient (Wildman–Crippen LogP) is 0.934. The lowest BCUT2D eigenvalue weighted by atomic mass is 9.99. The van der Waals surface area contributed by atoms with E-state index >= 15 is 0 Å². The highest BCUT2D eigenvalue weighted by atomic mass is 16.5. The lowest BCUT2D eigenvalue weighted by Crippen LogP contribution is -2.46. The maximum Gasteiger partial charge on any atom is 0.242 e. The van der Waals surface area contributed by atoms with Crippen LogP contribution in [0.4, 0.5) is 0 Å². The zero-order valence-corrected chi connectivity index (χ0v) is 13.0. The first kappa shape index (κ1) is 15.1. The fourth-order valence-electron chi connectivity index (χ4n) is 3.29. The maximum atomic E-state index is 12.4. The van der Waals surface area contributed by atoms with Crippen LogP contribution in [0.3, 0.4) is 0 Å². The normalized spacial score (nSPS) is 22.2. The molecule has 0 aliphatic carbocycles. The number of rotatable bonds is 3. The molecular weight excluding hydrogens is 282 g/mol. The highest BCUT2D eigenvalue weighted by Crippen LogP contribution is 2.25. The molecule has 0 bridgehead atoms. The summed E-state index contributed by atoms with van der Waals surface area (Å²) in [5, 5.41) is 2.80. The summed E-state index contributed by atoms with van der Waals surface area (Å²) in [5.41, 5.74) is 1.15. The van der Waals surface area contributed by atoms with Crippen molar-refractivity contribution in [3.8, 4) is 0 Å². The molecule has 2 aliphatic rings. The van der Waals surface area contributed by atoms with Gasteiger partial charge in [0.25, 0.3) is 0 Å². The van der Waals surface area contributed by atoms with Crippen LogP contribution in [-0.2, 0) is 20.9 Å². The van der Waals surface area contributed by atoms with Gasteiger partial charge in [0.05, 0.1) is 12.6 Å². The van der Waals surface area contributed by atoms with Gasteiger partial charge in [0.2, 0.25) is 11.8 Å². The van der Waals surface area contributed by atoms with Crippen molar-refractivity contribution in [2.24, 2.45) is 5.92 Å². The van der Waals surface area contributed by atoms with Crippen molar-refractivity contribution in [2.45, 2.75) is 32.4 Å². The molecule has 2 aliphatic heterocycles. The molecule has 0 spiro atoms. The molecule has 2 amide bonds. The van der Waals surface area contributed by atoms with E-state index in [2.05, 4.69) is 9.88 Å². The molecule has 6 nitrogen and oxygen atoms in total. The van der Waals surface area contributed by atoms with E-state index < -0.39 is 0 Å². The number of carbonyl (C=O) groups excluding carboxylic acids is 2. The largest absolute Gasteiger partial charge is 0.381 e. The van der Waals surface area contributed by atoms with Gasteiger partial charge in [-0.15, -0.1) is 0 Å². The molecule has 0 radical (unpaired) electrons. The quantitative estimate of drug-likeness (QED) is 0.904. The van der Waals surface area contributed by atoms with Crippen LogP contribution in [0.5, 0.6) is 0 Å². The Labute approximate surface area is 130 Å². The van der Waals surface area contributed by atoms with E-state index in [1.54, 1.807) is 0 Å². The fourth-order valence-corrected chi connectivity index (χ4v) is 3.29. The van der Waals surface area contributed by atoms with Gasteiger partial charge in [-0.2, -0.15) is 0 Å². The summed E-state index contributed by atoms with van der Waals surface area (Å²) < 4.78 is 7.43. The number of nitrogens with zero attached hydrogens (tertiary/aromatic N) is 2. The summed E-state index contributed by atoms with van der Waals surface area (Å²) in [6.45, 7) is 4.88. The second-order valence-corrected chi connectivity index (χ2v) is 5.99. The molecule has 1 N–H and O–H groups in total. The van der Waals surface area contributed by atoms with Crippen molar-refractivity contribution in [1.82, 2.24) is 14.8 Å². The van der Waals surface area contributed by atoms with E-state index in [4.69, 9.17) is 4.74 Å². The Morgan fingerprint density at radius 3 is 2.86 bits per heavy atom. The van der Waals surface area contributed by atoms with E-state index in [0.717, 1.165) is 25.1 Å². The molecule has 120 valence electrons. The van der Waals surface area contributed by atoms with E-state index in [1.165, 1.54) is 0 Å². The SMILES string of the molecule is C[C@H]1c2cccn2CCN1C(=O)CNC(=O)C1CCOCC1. The third kappa shape index (κ3) is 3.02. The molecule has 6 heteroatoms. The number of hydrogen-bond donors (Lipinski definition) is 1. The standard InChI is InChI=1S/C16H23N3O3/c1-12-14-3-2-6-18(14)7-8-19(12)15(20)11-17-16(21)13-4-9-22-10-5-13/h2-3,6,12-13H,4-5,7-11H2,1H3,(H,17,21)/t12-/m0/s1. The Morgan fingerprint density at radius 1 is 1.32 bits per heavy atom. The zero-order chi connectivity index (χ0) is 15.5. The summed E-state index contributed by atoms with van der Waals surface area (Å²) in [6.07, 6.45) is 3.53. The van der Waals surface area contributed by atoms with E-state index in [1.807, 2.05) is 30.2 Å². The van der Waals surface area contributed by atoms with Crippen molar-refractivity contribution >= 4 is 11.8 Å². The summed E-state index contributed by atoms with van der Waals surface area (Å²) in [4.78, 5) is 26.3. The van der Waals surface area contributed by atoms with Crippen LogP contribution in [0.25, 0.3) is 0 Å². The topological polar surface area (TPSA) is 63.6 Å². The Bertz CT molecular complexity index is 549. The van der Waals surface area contributed by atoms with Crippen LogP contribution in [0, 0.1) is 5.92 Å². The molecule has 3 heterocycles. The van der Waals surface area contributed by atoms with Gasteiger partial charge in [-0.1, -0.05) is 0 Å². The Balaban J connectivity index is 1.53. The summed E-state index contributed by atoms with van der Waals surface area (Å²) in [6, 6.07) is 4.11. The van der Waals surface area contributed by atoms with Gasteiger partial charge in [-0.25, -0.2) is 0 Å². The summed E-state index contributed by atoms with van der Waals surface area (Å²) in [7, 11) is 0. The van der Waals surface area contributed by atoms with Crippen LogP contribution < -0.4 is 5.32 Å². The number of hydrogen-bond acceptors (Lipinski definition) is 3. The molecule has 1 aromatic heterocycles. The first-order chi connectivity index (χ1) is 10.7. The fraction of sp³-hybridized carbons (Fsp3) is 0.625. The zero-order valence-electron chi connectivity index (χ0n) is 13.0. The van der Waals surface area contributed by atoms with Crippen molar-refractivity contribution in [3.05, 3.63) is 24.0 Å². The molecule has 3 rings (SSSR count). The average Bonchev–Trinajstić information content (AvgIpc) is 3.03. The van der Waals surface area contributed by atoms with Gasteiger partial charge in [0.1, 0.15) is 0 Å². The third-order valence-electron chi connectivity index (χ3n) is 4.67. The molecule has 1 atom stereocenters. The molecule has 22 heavy (non-hydrogen) atoms. The molecule has 1 aromatic rings. The lowest BCUT2D eigenvalue weighted by Gasteiger charge is -2.35. The molecule has 0 unspecified atom stereocenters. The summed E-state index contributed by atoms with van der Waals surface area (Å²) >= 11 is 0. The molecule has 0 aromatic carbocycles.